The number of methoxy groups -OCH3 is 1. The molecule has 4 rings (SSSR count). The summed E-state index contributed by atoms with van der Waals surface area (Å²) < 4.78 is 7.29. The van der Waals surface area contributed by atoms with Crippen molar-refractivity contribution in [2.75, 3.05) is 38.2 Å². The number of aromatic nitrogens is 2. The first-order valence-electron chi connectivity index (χ1n) is 11.0. The molecule has 32 heavy (non-hydrogen) atoms. The third-order valence-corrected chi connectivity index (χ3v) is 6.00. The first-order valence-corrected chi connectivity index (χ1v) is 11.0. The highest BCUT2D eigenvalue weighted by Gasteiger charge is 2.18. The van der Waals surface area contributed by atoms with Crippen LogP contribution in [-0.4, -0.2) is 49.0 Å². The minimum atomic E-state index is -0.185. The number of hydrogen-bond acceptors (Lipinski definition) is 5. The van der Waals surface area contributed by atoms with Crippen LogP contribution in [0.3, 0.4) is 0 Å². The molecular weight excluding hydrogens is 402 g/mol. The normalized spacial score (nSPS) is 14.8. The van der Waals surface area contributed by atoms with Gasteiger partial charge in [-0.1, -0.05) is 6.07 Å². The van der Waals surface area contributed by atoms with Crippen LogP contribution in [0.15, 0.2) is 48.8 Å². The number of aryl methyl sites for hydroxylation is 2. The summed E-state index contributed by atoms with van der Waals surface area (Å²) >= 11 is 0. The Labute approximate surface area is 189 Å². The van der Waals surface area contributed by atoms with Gasteiger partial charge in [-0.05, 0) is 60.9 Å². The first kappa shape index (κ1) is 21.9. The summed E-state index contributed by atoms with van der Waals surface area (Å²) in [5, 5.41) is 10.8. The molecule has 1 aliphatic rings. The van der Waals surface area contributed by atoms with Crippen molar-refractivity contribution in [3.63, 3.8) is 0 Å². The Morgan fingerprint density at radius 3 is 2.62 bits per heavy atom. The van der Waals surface area contributed by atoms with Crippen molar-refractivity contribution in [3.8, 4) is 16.9 Å². The number of anilines is 1. The van der Waals surface area contributed by atoms with Crippen LogP contribution in [0.2, 0.25) is 0 Å². The predicted octanol–water partition coefficient (Wildman–Crippen LogP) is 3.30. The Bertz CT molecular complexity index is 1100. The first-order chi connectivity index (χ1) is 15.4. The fourth-order valence-corrected chi connectivity index (χ4v) is 4.06. The molecule has 1 fully saturated rings. The maximum absolute atomic E-state index is 13.2. The van der Waals surface area contributed by atoms with Gasteiger partial charge in [-0.25, -0.2) is 0 Å². The minimum absolute atomic E-state index is 0.0715. The van der Waals surface area contributed by atoms with Crippen molar-refractivity contribution in [2.24, 2.45) is 7.05 Å². The zero-order valence-electron chi connectivity index (χ0n) is 19.2. The van der Waals surface area contributed by atoms with Gasteiger partial charge in [-0.2, -0.15) is 5.10 Å². The maximum atomic E-state index is 13.2. The molecule has 7 nitrogen and oxygen atoms in total. The van der Waals surface area contributed by atoms with Crippen LogP contribution >= 0.6 is 0 Å². The number of carbonyl (C=O) groups is 1. The molecule has 0 spiro atoms. The fraction of sp³-hybridized carbons (Fsp3) is 0.360. The molecule has 1 aliphatic heterocycles. The van der Waals surface area contributed by atoms with Crippen molar-refractivity contribution in [3.05, 3.63) is 65.5 Å². The summed E-state index contributed by atoms with van der Waals surface area (Å²) in [6.07, 6.45) is 3.79. The lowest BCUT2D eigenvalue weighted by Crippen LogP contribution is -2.43. The second-order valence-electron chi connectivity index (χ2n) is 8.33. The number of amides is 1. The monoisotopic (exact) mass is 433 g/mol. The number of nitrogens with zero attached hydrogens (tertiary/aromatic N) is 3. The molecule has 3 aromatic rings. The Balaban J connectivity index is 1.56. The summed E-state index contributed by atoms with van der Waals surface area (Å²) in [5.41, 5.74) is 5.76. The highest BCUT2D eigenvalue weighted by molar-refractivity contribution is 5.97. The number of ether oxygens (including phenoxy) is 1. The zero-order valence-corrected chi connectivity index (χ0v) is 19.2. The quantitative estimate of drug-likeness (QED) is 0.624. The Kier molecular flexibility index (Phi) is 6.46. The van der Waals surface area contributed by atoms with Gasteiger partial charge in [0, 0.05) is 56.2 Å². The number of piperazine rings is 1. The van der Waals surface area contributed by atoms with Crippen LogP contribution in [0, 0.1) is 6.92 Å². The Morgan fingerprint density at radius 1 is 1.16 bits per heavy atom. The molecular formula is C25H31N5O2. The van der Waals surface area contributed by atoms with Gasteiger partial charge in [0.2, 0.25) is 0 Å². The van der Waals surface area contributed by atoms with E-state index < -0.39 is 0 Å². The number of carbonyl (C=O) groups excluding carboxylic acids is 1. The Morgan fingerprint density at radius 2 is 1.94 bits per heavy atom. The lowest BCUT2D eigenvalue weighted by Gasteiger charge is -2.30. The number of nitrogens with one attached hydrogen (secondary N) is 2. The molecule has 0 aliphatic carbocycles. The maximum Gasteiger partial charge on any atom is 0.252 e. The van der Waals surface area contributed by atoms with Crippen molar-refractivity contribution in [1.82, 2.24) is 20.4 Å². The fourth-order valence-electron chi connectivity index (χ4n) is 4.06. The van der Waals surface area contributed by atoms with Crippen LogP contribution in [0.5, 0.6) is 5.75 Å². The van der Waals surface area contributed by atoms with E-state index in [0.29, 0.717) is 5.56 Å². The lowest BCUT2D eigenvalue weighted by molar-refractivity contribution is 0.0939. The van der Waals surface area contributed by atoms with E-state index in [1.165, 1.54) is 0 Å². The predicted molar refractivity (Wildman–Crippen MR) is 127 cm³/mol. The molecule has 1 aromatic heterocycles. The van der Waals surface area contributed by atoms with Crippen molar-refractivity contribution in [1.29, 1.82) is 0 Å². The van der Waals surface area contributed by atoms with E-state index in [9.17, 15) is 4.79 Å². The van der Waals surface area contributed by atoms with Gasteiger partial charge < -0.3 is 20.3 Å². The molecule has 2 heterocycles. The van der Waals surface area contributed by atoms with E-state index in [-0.39, 0.29) is 11.9 Å². The number of rotatable bonds is 6. The summed E-state index contributed by atoms with van der Waals surface area (Å²) in [6, 6.07) is 12.0. The lowest BCUT2D eigenvalue weighted by atomic mass is 10.0. The van der Waals surface area contributed by atoms with Gasteiger partial charge in [-0.15, -0.1) is 0 Å². The van der Waals surface area contributed by atoms with Crippen molar-refractivity contribution < 1.29 is 9.53 Å². The molecule has 0 bridgehead atoms. The largest absolute Gasteiger partial charge is 0.497 e. The molecule has 1 saturated heterocycles. The Hall–Kier alpha value is -3.32. The standard InChI is InChI=1S/C25H31N5O2/c1-17-5-6-22(30-9-7-26-8-10-30)14-24(17)25(31)28-18(2)19-11-20(13-23(12-19)32-4)21-15-27-29(3)16-21/h5-6,11-16,18,26H,7-10H2,1-4H3,(H,28,31)/t18-/m1/s1. The van der Waals surface area contributed by atoms with E-state index in [4.69, 9.17) is 4.74 Å². The highest BCUT2D eigenvalue weighted by Crippen LogP contribution is 2.29. The van der Waals surface area contributed by atoms with Gasteiger partial charge in [0.1, 0.15) is 5.75 Å². The second kappa shape index (κ2) is 9.44. The number of benzene rings is 2. The van der Waals surface area contributed by atoms with E-state index in [1.807, 2.05) is 57.6 Å². The second-order valence-corrected chi connectivity index (χ2v) is 8.33. The van der Waals surface area contributed by atoms with Gasteiger partial charge in [0.05, 0.1) is 19.3 Å². The summed E-state index contributed by atoms with van der Waals surface area (Å²) in [5.74, 6) is 0.678. The van der Waals surface area contributed by atoms with Gasteiger partial charge in [0.25, 0.3) is 5.91 Å². The van der Waals surface area contributed by atoms with Crippen molar-refractivity contribution in [2.45, 2.75) is 19.9 Å². The molecule has 168 valence electrons. The number of hydrogen-bond donors (Lipinski definition) is 2. The molecule has 1 amide bonds. The van der Waals surface area contributed by atoms with E-state index >= 15 is 0 Å². The third kappa shape index (κ3) is 4.78. The summed E-state index contributed by atoms with van der Waals surface area (Å²) in [6.45, 7) is 7.79. The molecule has 0 saturated carbocycles. The van der Waals surface area contributed by atoms with Gasteiger partial charge in [-0.3, -0.25) is 9.48 Å². The van der Waals surface area contributed by atoms with E-state index in [1.54, 1.807) is 11.8 Å². The molecule has 2 aromatic carbocycles. The molecule has 1 atom stereocenters. The van der Waals surface area contributed by atoms with Gasteiger partial charge >= 0.3 is 0 Å². The van der Waals surface area contributed by atoms with Crippen LogP contribution in [0.1, 0.15) is 34.5 Å². The van der Waals surface area contributed by atoms with E-state index in [2.05, 4.69) is 32.8 Å². The van der Waals surface area contributed by atoms with E-state index in [0.717, 1.165) is 59.9 Å². The van der Waals surface area contributed by atoms with Crippen molar-refractivity contribution >= 4 is 11.6 Å². The molecule has 0 unspecified atom stereocenters. The summed E-state index contributed by atoms with van der Waals surface area (Å²) in [4.78, 5) is 15.5. The van der Waals surface area contributed by atoms with Crippen LogP contribution in [-0.2, 0) is 7.05 Å². The SMILES string of the molecule is COc1cc(-c2cnn(C)c2)cc([C@@H](C)NC(=O)c2cc(N3CCNCC3)ccc2C)c1. The van der Waals surface area contributed by atoms with Crippen LogP contribution in [0.25, 0.3) is 11.1 Å². The van der Waals surface area contributed by atoms with Crippen LogP contribution in [0.4, 0.5) is 5.69 Å². The van der Waals surface area contributed by atoms with Crippen LogP contribution < -0.4 is 20.3 Å². The minimum Gasteiger partial charge on any atom is -0.497 e. The molecule has 0 radical (unpaired) electrons. The average Bonchev–Trinajstić information content (AvgIpc) is 3.25. The summed E-state index contributed by atoms with van der Waals surface area (Å²) in [7, 11) is 3.55. The third-order valence-electron chi connectivity index (χ3n) is 6.00. The molecule has 7 heteroatoms. The topological polar surface area (TPSA) is 71.4 Å². The van der Waals surface area contributed by atoms with Gasteiger partial charge in [0.15, 0.2) is 0 Å². The molecule has 2 N–H and O–H groups in total. The highest BCUT2D eigenvalue weighted by atomic mass is 16.5. The zero-order chi connectivity index (χ0) is 22.7. The smallest absolute Gasteiger partial charge is 0.252 e. The average molecular weight is 434 g/mol.